The Bertz CT molecular complexity index is 508. The summed E-state index contributed by atoms with van der Waals surface area (Å²) in [5.41, 5.74) is 2.05. The number of aromatic nitrogens is 1. The second-order valence-electron chi connectivity index (χ2n) is 4.10. The molecule has 1 amide bonds. The van der Waals surface area contributed by atoms with Crippen molar-refractivity contribution in [1.29, 1.82) is 0 Å². The third-order valence-corrected chi connectivity index (χ3v) is 2.87. The van der Waals surface area contributed by atoms with Crippen molar-refractivity contribution < 1.29 is 4.79 Å². The molecule has 4 heteroatoms. The van der Waals surface area contributed by atoms with Gasteiger partial charge in [0.2, 0.25) is 5.91 Å². The van der Waals surface area contributed by atoms with Crippen molar-refractivity contribution in [2.45, 2.75) is 12.8 Å². The second-order valence-corrected chi connectivity index (χ2v) is 4.54. The third-order valence-electron chi connectivity index (χ3n) is 2.64. The Labute approximate surface area is 111 Å². The molecule has 0 aliphatic heterocycles. The minimum absolute atomic E-state index is 0.0273. The largest absolute Gasteiger partial charge is 0.365 e. The van der Waals surface area contributed by atoms with E-state index in [1.165, 1.54) is 0 Å². The van der Waals surface area contributed by atoms with E-state index in [4.69, 9.17) is 11.6 Å². The molecule has 0 saturated carbocycles. The highest BCUT2D eigenvalue weighted by Crippen LogP contribution is 2.10. The lowest BCUT2D eigenvalue weighted by atomic mass is 10.1. The van der Waals surface area contributed by atoms with Crippen molar-refractivity contribution in [3.8, 4) is 0 Å². The first-order chi connectivity index (χ1) is 8.74. The molecule has 2 N–H and O–H groups in total. The van der Waals surface area contributed by atoms with Crippen molar-refractivity contribution in [2.75, 3.05) is 6.54 Å². The van der Waals surface area contributed by atoms with Gasteiger partial charge in [0.05, 0.1) is 6.42 Å². The van der Waals surface area contributed by atoms with E-state index in [9.17, 15) is 4.79 Å². The van der Waals surface area contributed by atoms with Gasteiger partial charge in [0.1, 0.15) is 0 Å². The van der Waals surface area contributed by atoms with E-state index in [1.807, 2.05) is 42.6 Å². The predicted molar refractivity (Wildman–Crippen MR) is 72.7 cm³/mol. The van der Waals surface area contributed by atoms with Gasteiger partial charge in [-0.15, -0.1) is 0 Å². The van der Waals surface area contributed by atoms with Crippen molar-refractivity contribution in [3.05, 3.63) is 58.9 Å². The van der Waals surface area contributed by atoms with Gasteiger partial charge in [0.15, 0.2) is 0 Å². The number of benzene rings is 1. The number of carbonyl (C=O) groups excluding carboxylic acids is 1. The highest BCUT2D eigenvalue weighted by atomic mass is 35.5. The molecule has 94 valence electrons. The highest BCUT2D eigenvalue weighted by Gasteiger charge is 2.03. The molecule has 1 aromatic carbocycles. The average Bonchev–Trinajstić information content (AvgIpc) is 2.82. The minimum atomic E-state index is 0.0273. The first-order valence-corrected chi connectivity index (χ1v) is 6.25. The molecule has 0 saturated heterocycles. The summed E-state index contributed by atoms with van der Waals surface area (Å²) in [6, 6.07) is 11.5. The maximum Gasteiger partial charge on any atom is 0.225 e. The fraction of sp³-hybridized carbons (Fsp3) is 0.214. The van der Waals surface area contributed by atoms with Crippen molar-refractivity contribution in [1.82, 2.24) is 10.3 Å². The Morgan fingerprint density at radius 3 is 2.89 bits per heavy atom. The molecule has 1 heterocycles. The molecule has 0 aliphatic rings. The van der Waals surface area contributed by atoms with Crippen LogP contribution in [0.5, 0.6) is 0 Å². The van der Waals surface area contributed by atoms with Crippen LogP contribution in [0.25, 0.3) is 0 Å². The molecule has 2 aromatic rings. The molecule has 0 spiro atoms. The zero-order valence-corrected chi connectivity index (χ0v) is 10.7. The summed E-state index contributed by atoms with van der Waals surface area (Å²) in [5.74, 6) is 0.0273. The molecule has 1 aromatic heterocycles. The molecule has 18 heavy (non-hydrogen) atoms. The van der Waals surface area contributed by atoms with Gasteiger partial charge in [-0.2, -0.15) is 0 Å². The molecule has 0 fully saturated rings. The fourth-order valence-corrected chi connectivity index (χ4v) is 1.96. The SMILES string of the molecule is O=C(Cc1ccc[nH]1)NCCc1cccc(Cl)c1. The number of halogens is 1. The second kappa shape index (κ2) is 6.26. The van der Waals surface area contributed by atoms with Gasteiger partial charge in [-0.1, -0.05) is 23.7 Å². The van der Waals surface area contributed by atoms with Gasteiger partial charge in [-0.3, -0.25) is 4.79 Å². The summed E-state index contributed by atoms with van der Waals surface area (Å²) >= 11 is 5.89. The van der Waals surface area contributed by atoms with Gasteiger partial charge < -0.3 is 10.3 Å². The molecule has 3 nitrogen and oxygen atoms in total. The molecule has 0 atom stereocenters. The lowest BCUT2D eigenvalue weighted by molar-refractivity contribution is -0.120. The van der Waals surface area contributed by atoms with Crippen molar-refractivity contribution >= 4 is 17.5 Å². The number of hydrogen-bond donors (Lipinski definition) is 2. The Morgan fingerprint density at radius 2 is 2.17 bits per heavy atom. The van der Waals surface area contributed by atoms with Crippen LogP contribution in [0.1, 0.15) is 11.3 Å². The Hall–Kier alpha value is -1.74. The lowest BCUT2D eigenvalue weighted by Gasteiger charge is -2.05. The van der Waals surface area contributed by atoms with E-state index in [2.05, 4.69) is 10.3 Å². The summed E-state index contributed by atoms with van der Waals surface area (Å²) in [7, 11) is 0. The van der Waals surface area contributed by atoms with Crippen molar-refractivity contribution in [3.63, 3.8) is 0 Å². The van der Waals surface area contributed by atoms with Crippen LogP contribution in [0, 0.1) is 0 Å². The van der Waals surface area contributed by atoms with Crippen molar-refractivity contribution in [2.24, 2.45) is 0 Å². The lowest BCUT2D eigenvalue weighted by Crippen LogP contribution is -2.27. The molecule has 0 bridgehead atoms. The zero-order valence-electron chi connectivity index (χ0n) is 9.95. The molecule has 2 rings (SSSR count). The van der Waals surface area contributed by atoms with Crippen LogP contribution in [0.2, 0.25) is 5.02 Å². The van der Waals surface area contributed by atoms with Crippen LogP contribution in [-0.4, -0.2) is 17.4 Å². The summed E-state index contributed by atoms with van der Waals surface area (Å²) in [6.45, 7) is 0.625. The summed E-state index contributed by atoms with van der Waals surface area (Å²) in [4.78, 5) is 14.6. The number of aromatic amines is 1. The summed E-state index contributed by atoms with van der Waals surface area (Å²) in [6.07, 6.45) is 2.99. The van der Waals surface area contributed by atoms with E-state index >= 15 is 0 Å². The molecule has 0 radical (unpaired) electrons. The van der Waals surface area contributed by atoms with Gasteiger partial charge in [-0.25, -0.2) is 0 Å². The topological polar surface area (TPSA) is 44.9 Å². The smallest absolute Gasteiger partial charge is 0.225 e. The minimum Gasteiger partial charge on any atom is -0.365 e. The van der Waals surface area contributed by atoms with Gasteiger partial charge in [0, 0.05) is 23.5 Å². The van der Waals surface area contributed by atoms with Crippen LogP contribution >= 0.6 is 11.6 Å². The fourth-order valence-electron chi connectivity index (χ4n) is 1.75. The number of nitrogens with one attached hydrogen (secondary N) is 2. The molecular weight excluding hydrogens is 248 g/mol. The Kier molecular flexibility index (Phi) is 4.42. The van der Waals surface area contributed by atoms with Gasteiger partial charge in [-0.05, 0) is 36.2 Å². The van der Waals surface area contributed by atoms with E-state index in [-0.39, 0.29) is 5.91 Å². The standard InChI is InChI=1S/C14H15ClN2O/c15-12-4-1-3-11(9-12)6-8-17-14(18)10-13-5-2-7-16-13/h1-5,7,9,16H,6,8,10H2,(H,17,18). The maximum atomic E-state index is 11.6. The zero-order chi connectivity index (χ0) is 12.8. The Morgan fingerprint density at radius 1 is 1.28 bits per heavy atom. The first-order valence-electron chi connectivity index (χ1n) is 5.87. The number of amides is 1. The van der Waals surface area contributed by atoms with Crippen LogP contribution in [0.3, 0.4) is 0 Å². The summed E-state index contributed by atoms with van der Waals surface area (Å²) < 4.78 is 0. The Balaban J connectivity index is 1.73. The number of carbonyl (C=O) groups is 1. The average molecular weight is 263 g/mol. The third kappa shape index (κ3) is 3.93. The quantitative estimate of drug-likeness (QED) is 0.855. The van der Waals surface area contributed by atoms with E-state index < -0.39 is 0 Å². The van der Waals surface area contributed by atoms with E-state index in [1.54, 1.807) is 0 Å². The summed E-state index contributed by atoms with van der Waals surface area (Å²) in [5, 5.41) is 3.61. The number of H-pyrrole nitrogens is 1. The molecule has 0 unspecified atom stereocenters. The number of hydrogen-bond acceptors (Lipinski definition) is 1. The predicted octanol–water partition coefficient (Wildman–Crippen LogP) is 2.57. The number of rotatable bonds is 5. The highest BCUT2D eigenvalue weighted by molar-refractivity contribution is 6.30. The van der Waals surface area contributed by atoms with Gasteiger partial charge in [0.25, 0.3) is 0 Å². The van der Waals surface area contributed by atoms with Crippen LogP contribution in [0.15, 0.2) is 42.6 Å². The van der Waals surface area contributed by atoms with E-state index in [0.29, 0.717) is 13.0 Å². The molecule has 0 aliphatic carbocycles. The normalized spacial score (nSPS) is 10.3. The monoisotopic (exact) mass is 262 g/mol. The van der Waals surface area contributed by atoms with Gasteiger partial charge >= 0.3 is 0 Å². The first kappa shape index (κ1) is 12.7. The van der Waals surface area contributed by atoms with Crippen LogP contribution < -0.4 is 5.32 Å². The van der Waals surface area contributed by atoms with Crippen LogP contribution in [-0.2, 0) is 17.6 Å². The van der Waals surface area contributed by atoms with E-state index in [0.717, 1.165) is 22.7 Å². The molecular formula is C14H15ClN2O. The maximum absolute atomic E-state index is 11.6. The van der Waals surface area contributed by atoms with Crippen LogP contribution in [0.4, 0.5) is 0 Å².